The van der Waals surface area contributed by atoms with Crippen LogP contribution in [0.25, 0.3) is 10.9 Å². The summed E-state index contributed by atoms with van der Waals surface area (Å²) in [6.07, 6.45) is 3.18. The minimum Gasteiger partial charge on any atom is -0.496 e. The number of pyridine rings is 1. The molecule has 4 heteroatoms. The highest BCUT2D eigenvalue weighted by molar-refractivity contribution is 9.10. The van der Waals surface area contributed by atoms with Crippen LogP contribution in [-0.2, 0) is 12.8 Å². The van der Waals surface area contributed by atoms with Crippen molar-refractivity contribution in [1.29, 1.82) is 0 Å². The number of rotatable bonds is 1. The fourth-order valence-electron chi connectivity index (χ4n) is 2.41. The van der Waals surface area contributed by atoms with Gasteiger partial charge in [0.1, 0.15) is 5.75 Å². The summed E-state index contributed by atoms with van der Waals surface area (Å²) in [4.78, 5) is 4.71. The second-order valence-corrected chi connectivity index (χ2v) is 5.41. The van der Waals surface area contributed by atoms with E-state index < -0.39 is 0 Å². The van der Waals surface area contributed by atoms with E-state index in [0.717, 1.165) is 51.1 Å². The molecule has 0 unspecified atom stereocenters. The molecule has 1 aromatic carbocycles. The van der Waals surface area contributed by atoms with Crippen LogP contribution in [0, 0.1) is 0 Å². The lowest BCUT2D eigenvalue weighted by Gasteiger charge is -2.11. The molecule has 0 saturated carbocycles. The molecule has 2 aromatic rings. The average Bonchev–Trinajstić information content (AvgIpc) is 2.79. The fraction of sp³-hybridized carbons (Fsp3) is 0.308. The third-order valence-electron chi connectivity index (χ3n) is 3.23. The van der Waals surface area contributed by atoms with Crippen molar-refractivity contribution >= 4 is 38.4 Å². The van der Waals surface area contributed by atoms with Gasteiger partial charge < -0.3 is 4.74 Å². The normalized spacial score (nSPS) is 14.1. The zero-order valence-electron chi connectivity index (χ0n) is 9.39. The molecule has 0 saturated heterocycles. The lowest BCUT2D eigenvalue weighted by atomic mass is 10.1. The monoisotopic (exact) mass is 311 g/mol. The molecule has 1 aliphatic rings. The topological polar surface area (TPSA) is 22.1 Å². The highest BCUT2D eigenvalue weighted by Crippen LogP contribution is 2.40. The van der Waals surface area contributed by atoms with Crippen molar-refractivity contribution < 1.29 is 4.74 Å². The summed E-state index contributed by atoms with van der Waals surface area (Å²) < 4.78 is 6.34. The van der Waals surface area contributed by atoms with Crippen LogP contribution in [0.3, 0.4) is 0 Å². The Labute approximate surface area is 113 Å². The van der Waals surface area contributed by atoms with Crippen molar-refractivity contribution in [3.8, 4) is 5.75 Å². The van der Waals surface area contributed by atoms with Gasteiger partial charge in [-0.25, -0.2) is 0 Å². The summed E-state index contributed by atoms with van der Waals surface area (Å²) in [6.45, 7) is 0. The summed E-state index contributed by atoms with van der Waals surface area (Å²) in [5, 5.41) is 1.73. The number of hydrogen-bond donors (Lipinski definition) is 0. The van der Waals surface area contributed by atoms with Crippen LogP contribution in [0.15, 0.2) is 16.6 Å². The maximum atomic E-state index is 6.50. The maximum absolute atomic E-state index is 6.50. The standard InChI is InChI=1S/C13H11BrClNO/c1-17-10-6-5-8(14)13-11(10)12(15)7-3-2-4-9(7)16-13/h5-6H,2-4H2,1H3. The van der Waals surface area contributed by atoms with Gasteiger partial charge in [-0.3, -0.25) is 4.98 Å². The third kappa shape index (κ3) is 1.64. The highest BCUT2D eigenvalue weighted by atomic mass is 79.9. The van der Waals surface area contributed by atoms with E-state index in [1.807, 2.05) is 12.1 Å². The van der Waals surface area contributed by atoms with Crippen molar-refractivity contribution in [3.05, 3.63) is 32.9 Å². The van der Waals surface area contributed by atoms with Gasteiger partial charge in [0.25, 0.3) is 0 Å². The highest BCUT2D eigenvalue weighted by Gasteiger charge is 2.21. The van der Waals surface area contributed by atoms with E-state index >= 15 is 0 Å². The van der Waals surface area contributed by atoms with Crippen LogP contribution >= 0.6 is 27.5 Å². The Kier molecular flexibility index (Phi) is 2.75. The molecule has 1 heterocycles. The average molecular weight is 313 g/mol. The van der Waals surface area contributed by atoms with Gasteiger partial charge in [-0.2, -0.15) is 0 Å². The molecular formula is C13H11BrClNO. The minimum atomic E-state index is 0.787. The molecule has 0 aliphatic heterocycles. The molecule has 0 amide bonds. The number of aromatic nitrogens is 1. The quantitative estimate of drug-likeness (QED) is 0.789. The number of fused-ring (bicyclic) bond motifs is 2. The number of ether oxygens (including phenoxy) is 1. The molecule has 2 nitrogen and oxygen atoms in total. The van der Waals surface area contributed by atoms with Crippen LogP contribution in [0.1, 0.15) is 17.7 Å². The van der Waals surface area contributed by atoms with Gasteiger partial charge in [0.2, 0.25) is 0 Å². The summed E-state index contributed by atoms with van der Waals surface area (Å²) in [6, 6.07) is 3.87. The Hall–Kier alpha value is -0.800. The summed E-state index contributed by atoms with van der Waals surface area (Å²) in [5.74, 6) is 0.787. The molecule has 0 fully saturated rings. The van der Waals surface area contributed by atoms with Crippen LogP contribution in [0.5, 0.6) is 5.75 Å². The van der Waals surface area contributed by atoms with Gasteiger partial charge in [-0.1, -0.05) is 11.6 Å². The summed E-state index contributed by atoms with van der Waals surface area (Å²) >= 11 is 10.0. The molecule has 88 valence electrons. The number of hydrogen-bond acceptors (Lipinski definition) is 2. The first-order valence-electron chi connectivity index (χ1n) is 5.56. The first kappa shape index (κ1) is 11.3. The Morgan fingerprint density at radius 2 is 2.18 bits per heavy atom. The Bertz CT molecular complexity index is 612. The second kappa shape index (κ2) is 4.14. The van der Waals surface area contributed by atoms with E-state index in [-0.39, 0.29) is 0 Å². The van der Waals surface area contributed by atoms with Crippen molar-refractivity contribution in [1.82, 2.24) is 4.98 Å². The molecule has 1 aliphatic carbocycles. The third-order valence-corrected chi connectivity index (χ3v) is 4.29. The van der Waals surface area contributed by atoms with E-state index in [9.17, 15) is 0 Å². The number of nitrogens with zero attached hydrogens (tertiary/aromatic N) is 1. The fourth-order valence-corrected chi connectivity index (χ4v) is 3.22. The van der Waals surface area contributed by atoms with Crippen LogP contribution in [0.4, 0.5) is 0 Å². The first-order chi connectivity index (χ1) is 8.22. The van der Waals surface area contributed by atoms with Crippen molar-refractivity contribution in [2.75, 3.05) is 7.11 Å². The molecule has 0 spiro atoms. The van der Waals surface area contributed by atoms with E-state index in [2.05, 4.69) is 15.9 Å². The number of benzene rings is 1. The van der Waals surface area contributed by atoms with E-state index in [0.29, 0.717) is 0 Å². The summed E-state index contributed by atoms with van der Waals surface area (Å²) in [7, 11) is 1.66. The lowest BCUT2D eigenvalue weighted by Crippen LogP contribution is -1.95. The Balaban J connectivity index is 2.46. The van der Waals surface area contributed by atoms with Crippen LogP contribution in [-0.4, -0.2) is 12.1 Å². The molecule has 17 heavy (non-hydrogen) atoms. The molecule has 0 bridgehead atoms. The summed E-state index contributed by atoms with van der Waals surface area (Å²) in [5.41, 5.74) is 3.22. The van der Waals surface area contributed by atoms with Gasteiger partial charge in [0, 0.05) is 10.2 Å². The van der Waals surface area contributed by atoms with Gasteiger partial charge in [0.15, 0.2) is 0 Å². The predicted octanol–water partition coefficient (Wildman–Crippen LogP) is 4.15. The van der Waals surface area contributed by atoms with Crippen molar-refractivity contribution in [2.24, 2.45) is 0 Å². The van der Waals surface area contributed by atoms with Gasteiger partial charge in [0.05, 0.1) is 23.0 Å². The molecule has 3 rings (SSSR count). The number of aryl methyl sites for hydroxylation is 1. The first-order valence-corrected chi connectivity index (χ1v) is 6.73. The van der Waals surface area contributed by atoms with Gasteiger partial charge >= 0.3 is 0 Å². The SMILES string of the molecule is COc1ccc(Br)c2nc3c(c(Cl)c12)CCC3. The largest absolute Gasteiger partial charge is 0.496 e. The van der Waals surface area contributed by atoms with Gasteiger partial charge in [-0.05, 0) is 52.9 Å². The van der Waals surface area contributed by atoms with Crippen LogP contribution in [0.2, 0.25) is 5.02 Å². The van der Waals surface area contributed by atoms with Crippen LogP contribution < -0.4 is 4.74 Å². The molecular weight excluding hydrogens is 302 g/mol. The molecule has 0 atom stereocenters. The number of halogens is 2. The number of methoxy groups -OCH3 is 1. The molecule has 0 N–H and O–H groups in total. The smallest absolute Gasteiger partial charge is 0.129 e. The van der Waals surface area contributed by atoms with Gasteiger partial charge in [-0.15, -0.1) is 0 Å². The Morgan fingerprint density at radius 3 is 2.94 bits per heavy atom. The van der Waals surface area contributed by atoms with E-state index in [4.69, 9.17) is 21.3 Å². The zero-order valence-corrected chi connectivity index (χ0v) is 11.7. The Morgan fingerprint density at radius 1 is 1.35 bits per heavy atom. The van der Waals surface area contributed by atoms with Crippen molar-refractivity contribution in [2.45, 2.75) is 19.3 Å². The van der Waals surface area contributed by atoms with E-state index in [1.165, 1.54) is 5.56 Å². The van der Waals surface area contributed by atoms with E-state index in [1.54, 1.807) is 7.11 Å². The molecule has 1 aromatic heterocycles. The van der Waals surface area contributed by atoms with Crippen molar-refractivity contribution in [3.63, 3.8) is 0 Å². The molecule has 0 radical (unpaired) electrons. The maximum Gasteiger partial charge on any atom is 0.129 e. The predicted molar refractivity (Wildman–Crippen MR) is 73.0 cm³/mol. The second-order valence-electron chi connectivity index (χ2n) is 4.18. The lowest BCUT2D eigenvalue weighted by molar-refractivity contribution is 0.419. The minimum absolute atomic E-state index is 0.787. The zero-order chi connectivity index (χ0) is 12.0.